The summed E-state index contributed by atoms with van der Waals surface area (Å²) >= 11 is 5.95. The Kier molecular flexibility index (Phi) is 6.34. The lowest BCUT2D eigenvalue weighted by atomic mass is 9.79. The Hall–Kier alpha value is -0.570. The molecule has 0 radical (unpaired) electrons. The standard InChI is InChI=1S/C17H26ClNO/c1-2-17(13-7-9-16(18)10-8-13)19-11-14-5-3-4-6-15(14)12-20/h7-10,14-15,17,19-20H,2-6,11-12H2,1H3. The Bertz CT molecular complexity index is 392. The highest BCUT2D eigenvalue weighted by Crippen LogP contribution is 2.30. The van der Waals surface area contributed by atoms with E-state index in [2.05, 4.69) is 24.4 Å². The molecule has 3 atom stereocenters. The average Bonchev–Trinajstić information content (AvgIpc) is 2.50. The summed E-state index contributed by atoms with van der Waals surface area (Å²) in [6, 6.07) is 8.51. The van der Waals surface area contributed by atoms with Crippen molar-refractivity contribution in [1.29, 1.82) is 0 Å². The zero-order valence-electron chi connectivity index (χ0n) is 12.3. The fourth-order valence-corrected chi connectivity index (χ4v) is 3.41. The van der Waals surface area contributed by atoms with Gasteiger partial charge in [0.15, 0.2) is 0 Å². The van der Waals surface area contributed by atoms with Crippen LogP contribution in [0, 0.1) is 11.8 Å². The number of aliphatic hydroxyl groups excluding tert-OH is 1. The molecule has 1 aliphatic carbocycles. The summed E-state index contributed by atoms with van der Waals surface area (Å²) in [7, 11) is 0. The van der Waals surface area contributed by atoms with Gasteiger partial charge in [0.05, 0.1) is 0 Å². The van der Waals surface area contributed by atoms with Gasteiger partial charge in [-0.1, -0.05) is 43.5 Å². The van der Waals surface area contributed by atoms with E-state index in [0.29, 0.717) is 24.5 Å². The Labute approximate surface area is 127 Å². The number of rotatable bonds is 6. The summed E-state index contributed by atoms with van der Waals surface area (Å²) in [5.41, 5.74) is 1.30. The van der Waals surface area contributed by atoms with Crippen LogP contribution in [0.1, 0.15) is 50.6 Å². The summed E-state index contributed by atoms with van der Waals surface area (Å²) in [5.74, 6) is 1.11. The van der Waals surface area contributed by atoms with Crippen molar-refractivity contribution < 1.29 is 5.11 Å². The van der Waals surface area contributed by atoms with Crippen LogP contribution in [0.5, 0.6) is 0 Å². The largest absolute Gasteiger partial charge is 0.396 e. The zero-order chi connectivity index (χ0) is 14.4. The van der Waals surface area contributed by atoms with E-state index in [-0.39, 0.29) is 0 Å². The fourth-order valence-electron chi connectivity index (χ4n) is 3.28. The first kappa shape index (κ1) is 15.8. The molecule has 1 aliphatic rings. The lowest BCUT2D eigenvalue weighted by Gasteiger charge is -2.32. The molecule has 1 aromatic rings. The number of benzene rings is 1. The van der Waals surface area contributed by atoms with Gasteiger partial charge in [-0.25, -0.2) is 0 Å². The van der Waals surface area contributed by atoms with Crippen LogP contribution in [0.3, 0.4) is 0 Å². The van der Waals surface area contributed by atoms with Crippen LogP contribution in [0.15, 0.2) is 24.3 Å². The van der Waals surface area contributed by atoms with Crippen molar-refractivity contribution in [1.82, 2.24) is 5.32 Å². The lowest BCUT2D eigenvalue weighted by molar-refractivity contribution is 0.131. The molecule has 1 fully saturated rings. The molecule has 0 bridgehead atoms. The monoisotopic (exact) mass is 295 g/mol. The van der Waals surface area contributed by atoms with Crippen LogP contribution < -0.4 is 5.32 Å². The van der Waals surface area contributed by atoms with Crippen molar-refractivity contribution in [2.45, 2.75) is 45.1 Å². The third kappa shape index (κ3) is 4.21. The van der Waals surface area contributed by atoms with E-state index >= 15 is 0 Å². The van der Waals surface area contributed by atoms with Crippen LogP contribution in [-0.2, 0) is 0 Å². The summed E-state index contributed by atoms with van der Waals surface area (Å²) < 4.78 is 0. The van der Waals surface area contributed by atoms with Crippen molar-refractivity contribution in [2.75, 3.05) is 13.2 Å². The molecule has 3 unspecified atom stereocenters. The summed E-state index contributed by atoms with van der Waals surface area (Å²) in [6.07, 6.45) is 6.07. The molecule has 2 rings (SSSR count). The number of halogens is 1. The van der Waals surface area contributed by atoms with E-state index in [1.54, 1.807) is 0 Å². The molecule has 0 aliphatic heterocycles. The first-order valence-corrected chi connectivity index (χ1v) is 8.22. The average molecular weight is 296 g/mol. The molecule has 2 nitrogen and oxygen atoms in total. The SMILES string of the molecule is CCC(NCC1CCCCC1CO)c1ccc(Cl)cc1. The van der Waals surface area contributed by atoms with E-state index in [1.165, 1.54) is 31.2 Å². The van der Waals surface area contributed by atoms with Gasteiger partial charge in [-0.2, -0.15) is 0 Å². The van der Waals surface area contributed by atoms with E-state index in [4.69, 9.17) is 11.6 Å². The second-order valence-electron chi connectivity index (χ2n) is 5.91. The number of hydrogen-bond donors (Lipinski definition) is 2. The zero-order valence-corrected chi connectivity index (χ0v) is 13.1. The number of aliphatic hydroxyl groups is 1. The van der Waals surface area contributed by atoms with Crippen molar-refractivity contribution in [2.24, 2.45) is 11.8 Å². The van der Waals surface area contributed by atoms with E-state index in [0.717, 1.165) is 18.0 Å². The predicted molar refractivity (Wildman–Crippen MR) is 85.0 cm³/mol. The van der Waals surface area contributed by atoms with Gasteiger partial charge in [0.2, 0.25) is 0 Å². The van der Waals surface area contributed by atoms with Crippen molar-refractivity contribution in [3.8, 4) is 0 Å². The van der Waals surface area contributed by atoms with Gasteiger partial charge in [-0.3, -0.25) is 0 Å². The molecule has 0 amide bonds. The maximum absolute atomic E-state index is 9.49. The van der Waals surface area contributed by atoms with Crippen LogP contribution in [0.2, 0.25) is 5.02 Å². The third-order valence-corrected chi connectivity index (χ3v) is 4.86. The maximum atomic E-state index is 9.49. The molecule has 1 aromatic carbocycles. The molecule has 20 heavy (non-hydrogen) atoms. The van der Waals surface area contributed by atoms with E-state index in [9.17, 15) is 5.11 Å². The van der Waals surface area contributed by atoms with Crippen LogP contribution in [-0.4, -0.2) is 18.3 Å². The Morgan fingerprint density at radius 1 is 1.20 bits per heavy atom. The highest BCUT2D eigenvalue weighted by atomic mass is 35.5. The number of hydrogen-bond acceptors (Lipinski definition) is 2. The third-order valence-electron chi connectivity index (χ3n) is 4.61. The van der Waals surface area contributed by atoms with Gasteiger partial charge in [0.1, 0.15) is 0 Å². The summed E-state index contributed by atoms with van der Waals surface area (Å²) in [4.78, 5) is 0. The second kappa shape index (κ2) is 8.02. The Balaban J connectivity index is 1.91. The highest BCUT2D eigenvalue weighted by Gasteiger charge is 2.24. The van der Waals surface area contributed by atoms with Gasteiger partial charge < -0.3 is 10.4 Å². The molecule has 0 spiro atoms. The van der Waals surface area contributed by atoms with Gasteiger partial charge in [-0.15, -0.1) is 0 Å². The minimum atomic E-state index is 0.337. The topological polar surface area (TPSA) is 32.3 Å². The van der Waals surface area contributed by atoms with Gasteiger partial charge in [-0.05, 0) is 55.3 Å². The maximum Gasteiger partial charge on any atom is 0.0462 e. The summed E-state index contributed by atoms with van der Waals surface area (Å²) in [6.45, 7) is 3.55. The minimum Gasteiger partial charge on any atom is -0.396 e. The first-order valence-electron chi connectivity index (χ1n) is 7.84. The minimum absolute atomic E-state index is 0.337. The Morgan fingerprint density at radius 2 is 1.85 bits per heavy atom. The quantitative estimate of drug-likeness (QED) is 0.825. The van der Waals surface area contributed by atoms with Crippen molar-refractivity contribution >= 4 is 11.6 Å². The molecule has 2 N–H and O–H groups in total. The van der Waals surface area contributed by atoms with Gasteiger partial charge in [0, 0.05) is 17.7 Å². The van der Waals surface area contributed by atoms with Crippen LogP contribution in [0.4, 0.5) is 0 Å². The van der Waals surface area contributed by atoms with E-state index < -0.39 is 0 Å². The molecular weight excluding hydrogens is 270 g/mol. The molecule has 112 valence electrons. The van der Waals surface area contributed by atoms with Crippen molar-refractivity contribution in [3.63, 3.8) is 0 Å². The normalized spacial score (nSPS) is 24.6. The van der Waals surface area contributed by atoms with Gasteiger partial charge in [0.25, 0.3) is 0 Å². The highest BCUT2D eigenvalue weighted by molar-refractivity contribution is 6.30. The molecule has 0 aromatic heterocycles. The fraction of sp³-hybridized carbons (Fsp3) is 0.647. The lowest BCUT2D eigenvalue weighted by Crippen LogP contribution is -2.34. The Morgan fingerprint density at radius 3 is 2.45 bits per heavy atom. The molecule has 0 heterocycles. The molecular formula is C17H26ClNO. The predicted octanol–water partition coefficient (Wildman–Crippen LogP) is 4.18. The van der Waals surface area contributed by atoms with E-state index in [1.807, 2.05) is 12.1 Å². The smallest absolute Gasteiger partial charge is 0.0462 e. The molecule has 3 heteroatoms. The first-order chi connectivity index (χ1) is 9.74. The van der Waals surface area contributed by atoms with Crippen LogP contribution in [0.25, 0.3) is 0 Å². The van der Waals surface area contributed by atoms with Crippen molar-refractivity contribution in [3.05, 3.63) is 34.9 Å². The molecule has 0 saturated heterocycles. The van der Waals surface area contributed by atoms with Crippen LogP contribution >= 0.6 is 11.6 Å². The number of nitrogens with one attached hydrogen (secondary N) is 1. The molecule has 1 saturated carbocycles. The summed E-state index contributed by atoms with van der Waals surface area (Å²) in [5, 5.41) is 14.0. The van der Waals surface area contributed by atoms with Gasteiger partial charge >= 0.3 is 0 Å². The second-order valence-corrected chi connectivity index (χ2v) is 6.34.